The Morgan fingerprint density at radius 3 is 1.88 bits per heavy atom. The lowest BCUT2D eigenvalue weighted by Crippen LogP contribution is -2.42. The summed E-state index contributed by atoms with van der Waals surface area (Å²) in [5, 5.41) is 5.83. The molecule has 0 atom stereocenters. The Morgan fingerprint density at radius 2 is 1.38 bits per heavy atom. The summed E-state index contributed by atoms with van der Waals surface area (Å²) in [7, 11) is 0. The first-order chi connectivity index (χ1) is 15.4. The summed E-state index contributed by atoms with van der Waals surface area (Å²) in [5.41, 5.74) is 2.86. The average molecular weight is 431 g/mol. The Labute approximate surface area is 189 Å². The van der Waals surface area contributed by atoms with Crippen molar-refractivity contribution in [3.05, 3.63) is 102 Å². The lowest BCUT2D eigenvalue weighted by molar-refractivity contribution is -0.121. The third-order valence-corrected chi connectivity index (χ3v) is 5.35. The molecule has 3 rings (SSSR count). The molecule has 0 saturated carbocycles. The van der Waals surface area contributed by atoms with Crippen molar-refractivity contribution < 1.29 is 14.3 Å². The van der Waals surface area contributed by atoms with Crippen LogP contribution in [0.5, 0.6) is 0 Å². The fourth-order valence-corrected chi connectivity index (χ4v) is 3.17. The molecule has 3 aromatic carbocycles. The normalized spacial score (nSPS) is 11.2. The Morgan fingerprint density at radius 1 is 0.844 bits per heavy atom. The fourth-order valence-electron chi connectivity index (χ4n) is 3.17. The number of benzene rings is 3. The van der Waals surface area contributed by atoms with E-state index in [9.17, 15) is 9.59 Å². The van der Waals surface area contributed by atoms with Crippen LogP contribution in [0.1, 0.15) is 54.8 Å². The van der Waals surface area contributed by atoms with E-state index in [0.717, 1.165) is 17.5 Å². The van der Waals surface area contributed by atoms with Gasteiger partial charge in [0.1, 0.15) is 12.7 Å². The maximum Gasteiger partial charge on any atom is 0.251 e. The van der Waals surface area contributed by atoms with Gasteiger partial charge >= 0.3 is 0 Å². The molecule has 32 heavy (non-hydrogen) atoms. The van der Waals surface area contributed by atoms with Crippen LogP contribution in [0.3, 0.4) is 0 Å². The molecule has 2 N–H and O–H groups in total. The molecule has 0 saturated heterocycles. The van der Waals surface area contributed by atoms with Gasteiger partial charge in [0.2, 0.25) is 5.91 Å². The van der Waals surface area contributed by atoms with Gasteiger partial charge in [0.25, 0.3) is 5.91 Å². The molecule has 0 spiro atoms. The number of carbonyl (C=O) groups excluding carboxylic acids is 2. The number of amides is 2. The quantitative estimate of drug-likeness (QED) is 0.481. The van der Waals surface area contributed by atoms with Gasteiger partial charge in [-0.25, -0.2) is 0 Å². The monoisotopic (exact) mass is 430 g/mol. The predicted molar refractivity (Wildman–Crippen MR) is 128 cm³/mol. The number of hydrogen-bond donors (Lipinski definition) is 2. The smallest absolute Gasteiger partial charge is 0.251 e. The highest BCUT2D eigenvalue weighted by Gasteiger charge is 2.19. The van der Waals surface area contributed by atoms with Crippen molar-refractivity contribution >= 4 is 17.5 Å². The minimum atomic E-state index is -0.337. The molecule has 2 amide bonds. The van der Waals surface area contributed by atoms with Crippen LogP contribution < -0.4 is 10.6 Å². The summed E-state index contributed by atoms with van der Waals surface area (Å²) < 4.78 is 6.00. The Bertz CT molecular complexity index is 976. The first-order valence-corrected chi connectivity index (χ1v) is 10.8. The lowest BCUT2D eigenvalue weighted by Gasteiger charge is -2.24. The Kier molecular flexibility index (Phi) is 7.79. The summed E-state index contributed by atoms with van der Waals surface area (Å²) in [5.74, 6) is -0.391. The Hall–Kier alpha value is -3.44. The van der Waals surface area contributed by atoms with Gasteiger partial charge in [0.05, 0.1) is 0 Å². The molecule has 0 bridgehead atoms. The molecule has 5 heteroatoms. The second-order valence-corrected chi connectivity index (χ2v) is 8.33. The van der Waals surface area contributed by atoms with Crippen LogP contribution in [-0.4, -0.2) is 24.0 Å². The SMILES string of the molecule is CCC(C)(C)NC(=O)c1ccc(NC(=O)COC(c2ccccc2)c2ccccc2)cc1. The first-order valence-electron chi connectivity index (χ1n) is 10.8. The second-order valence-electron chi connectivity index (χ2n) is 8.33. The van der Waals surface area contributed by atoms with Crippen LogP contribution >= 0.6 is 0 Å². The van der Waals surface area contributed by atoms with Crippen LogP contribution in [-0.2, 0) is 9.53 Å². The van der Waals surface area contributed by atoms with Gasteiger partial charge in [0.15, 0.2) is 0 Å². The molecular weight excluding hydrogens is 400 g/mol. The van der Waals surface area contributed by atoms with E-state index in [1.165, 1.54) is 0 Å². The molecule has 0 fully saturated rings. The van der Waals surface area contributed by atoms with Crippen LogP contribution in [0, 0.1) is 0 Å². The van der Waals surface area contributed by atoms with E-state index in [-0.39, 0.29) is 30.1 Å². The topological polar surface area (TPSA) is 67.4 Å². The van der Waals surface area contributed by atoms with Gasteiger partial charge in [0, 0.05) is 16.8 Å². The average Bonchev–Trinajstić information content (AvgIpc) is 2.81. The molecular formula is C27H30N2O3. The van der Waals surface area contributed by atoms with Crippen LogP contribution in [0.2, 0.25) is 0 Å². The van der Waals surface area contributed by atoms with E-state index in [4.69, 9.17) is 4.74 Å². The summed E-state index contributed by atoms with van der Waals surface area (Å²) in [6.45, 7) is 5.90. The Balaban J connectivity index is 1.60. The standard InChI is InChI=1S/C27H30N2O3/c1-4-27(2,3)29-26(31)22-15-17-23(18-16-22)28-24(30)19-32-25(20-11-7-5-8-12-20)21-13-9-6-10-14-21/h5-18,25H,4,19H2,1-3H3,(H,28,30)(H,29,31). The van der Waals surface area contributed by atoms with E-state index in [2.05, 4.69) is 10.6 Å². The summed E-state index contributed by atoms with van der Waals surface area (Å²) >= 11 is 0. The molecule has 0 heterocycles. The number of rotatable bonds is 9. The summed E-state index contributed by atoms with van der Waals surface area (Å²) in [6, 6.07) is 26.5. The van der Waals surface area contributed by atoms with Crippen molar-refractivity contribution in [3.63, 3.8) is 0 Å². The van der Waals surface area contributed by atoms with Crippen LogP contribution in [0.4, 0.5) is 5.69 Å². The molecule has 0 aromatic heterocycles. The maximum absolute atomic E-state index is 12.5. The number of anilines is 1. The molecule has 0 aliphatic carbocycles. The second kappa shape index (κ2) is 10.7. The van der Waals surface area contributed by atoms with Crippen molar-refractivity contribution in [2.75, 3.05) is 11.9 Å². The van der Waals surface area contributed by atoms with E-state index in [0.29, 0.717) is 11.3 Å². The predicted octanol–water partition coefficient (Wildman–Crippen LogP) is 5.35. The zero-order chi connectivity index (χ0) is 23.0. The van der Waals surface area contributed by atoms with E-state index >= 15 is 0 Å². The number of hydrogen-bond acceptors (Lipinski definition) is 3. The van der Waals surface area contributed by atoms with Gasteiger partial charge in [-0.3, -0.25) is 9.59 Å². The van der Waals surface area contributed by atoms with Gasteiger partial charge in [-0.1, -0.05) is 67.6 Å². The molecule has 0 radical (unpaired) electrons. The van der Waals surface area contributed by atoms with E-state index in [1.54, 1.807) is 24.3 Å². The molecule has 5 nitrogen and oxygen atoms in total. The fraction of sp³-hybridized carbons (Fsp3) is 0.259. The third kappa shape index (κ3) is 6.53. The van der Waals surface area contributed by atoms with Gasteiger partial charge in [-0.2, -0.15) is 0 Å². The van der Waals surface area contributed by atoms with Crippen LogP contribution in [0.25, 0.3) is 0 Å². The molecule has 0 unspecified atom stereocenters. The highest BCUT2D eigenvalue weighted by molar-refractivity contribution is 5.96. The maximum atomic E-state index is 12.5. The lowest BCUT2D eigenvalue weighted by atomic mass is 10.0. The van der Waals surface area contributed by atoms with E-state index < -0.39 is 0 Å². The van der Waals surface area contributed by atoms with Gasteiger partial charge < -0.3 is 15.4 Å². The highest BCUT2D eigenvalue weighted by Crippen LogP contribution is 2.25. The van der Waals surface area contributed by atoms with E-state index in [1.807, 2.05) is 81.4 Å². The number of ether oxygens (including phenoxy) is 1. The van der Waals surface area contributed by atoms with Crippen molar-refractivity contribution in [2.45, 2.75) is 38.8 Å². The summed E-state index contributed by atoms with van der Waals surface area (Å²) in [6.07, 6.45) is 0.496. The molecule has 3 aromatic rings. The zero-order valence-electron chi connectivity index (χ0n) is 18.8. The van der Waals surface area contributed by atoms with Gasteiger partial charge in [-0.05, 0) is 55.7 Å². The first kappa shape index (κ1) is 23.2. The van der Waals surface area contributed by atoms with Crippen molar-refractivity contribution in [1.82, 2.24) is 5.32 Å². The largest absolute Gasteiger partial charge is 0.359 e. The highest BCUT2D eigenvalue weighted by atomic mass is 16.5. The van der Waals surface area contributed by atoms with Crippen molar-refractivity contribution in [2.24, 2.45) is 0 Å². The third-order valence-electron chi connectivity index (χ3n) is 5.35. The van der Waals surface area contributed by atoms with Crippen molar-refractivity contribution in [1.29, 1.82) is 0 Å². The minimum absolute atomic E-state index is 0.0959. The molecule has 0 aliphatic rings. The number of carbonyl (C=O) groups is 2. The summed E-state index contributed by atoms with van der Waals surface area (Å²) in [4.78, 5) is 24.9. The minimum Gasteiger partial charge on any atom is -0.359 e. The zero-order valence-corrected chi connectivity index (χ0v) is 18.8. The van der Waals surface area contributed by atoms with Crippen molar-refractivity contribution in [3.8, 4) is 0 Å². The van der Waals surface area contributed by atoms with Gasteiger partial charge in [-0.15, -0.1) is 0 Å². The molecule has 166 valence electrons. The molecule has 0 aliphatic heterocycles. The van der Waals surface area contributed by atoms with Crippen LogP contribution in [0.15, 0.2) is 84.9 Å². The number of nitrogens with one attached hydrogen (secondary N) is 2.